The highest BCUT2D eigenvalue weighted by atomic mass is 16.6. The normalized spacial score (nSPS) is 18.1. The van der Waals surface area contributed by atoms with Crippen LogP contribution in [0.2, 0.25) is 0 Å². The van der Waals surface area contributed by atoms with Gasteiger partial charge in [0.25, 0.3) is 0 Å². The van der Waals surface area contributed by atoms with Gasteiger partial charge in [-0.15, -0.1) is 0 Å². The topological polar surface area (TPSA) is 87.7 Å². The lowest BCUT2D eigenvalue weighted by atomic mass is 9.95. The van der Waals surface area contributed by atoms with Gasteiger partial charge in [0.2, 0.25) is 11.8 Å². The van der Waals surface area contributed by atoms with E-state index in [0.29, 0.717) is 31.7 Å². The van der Waals surface area contributed by atoms with Crippen molar-refractivity contribution in [3.05, 3.63) is 48.0 Å². The molecule has 3 amide bonds. The number of likely N-dealkylation sites (N-methyl/N-ethyl adjacent to an activating group) is 1. The van der Waals surface area contributed by atoms with Crippen molar-refractivity contribution in [2.24, 2.45) is 11.8 Å². The zero-order chi connectivity index (χ0) is 25.3. The minimum atomic E-state index is -0.591. The summed E-state index contributed by atoms with van der Waals surface area (Å²) < 4.78 is 5.43. The predicted molar refractivity (Wildman–Crippen MR) is 134 cm³/mol. The van der Waals surface area contributed by atoms with Crippen LogP contribution in [0.15, 0.2) is 42.5 Å². The molecule has 2 rings (SSSR count). The molecule has 0 spiro atoms. The average Bonchev–Trinajstić information content (AvgIpc) is 3.24. The molecule has 0 bridgehead atoms. The standard InChI is InChI=1S/C27H41N3O4/c1-19(2)17-22(29-26(33)34-27(3,4)5)15-14-21(18-20-11-8-7-9-12-20)25(32)30-16-10-13-23(30)24(31)28-6/h7-9,11-12,14-15,19,21-23H,10,13,16-18H2,1-6H3,(H,28,31)(H,29,33)/b15-14+/t21-,22-,23+/m1/s1. The molecule has 1 aromatic rings. The van der Waals surface area contributed by atoms with E-state index in [9.17, 15) is 14.4 Å². The van der Waals surface area contributed by atoms with Crippen molar-refractivity contribution in [1.82, 2.24) is 15.5 Å². The monoisotopic (exact) mass is 471 g/mol. The summed E-state index contributed by atoms with van der Waals surface area (Å²) >= 11 is 0. The number of nitrogens with one attached hydrogen (secondary N) is 2. The van der Waals surface area contributed by atoms with Crippen LogP contribution >= 0.6 is 0 Å². The SMILES string of the molecule is CNC(=O)[C@@H]1CCCN1C(=O)[C@H](/C=C/[C@H](CC(C)C)NC(=O)OC(C)(C)C)Cc1ccccc1. The second-order valence-electron chi connectivity index (χ2n) is 10.4. The molecule has 1 fully saturated rings. The molecule has 0 aromatic heterocycles. The van der Waals surface area contributed by atoms with E-state index in [2.05, 4.69) is 24.5 Å². The molecule has 0 unspecified atom stereocenters. The number of hydrogen-bond acceptors (Lipinski definition) is 4. The van der Waals surface area contributed by atoms with E-state index >= 15 is 0 Å². The molecule has 1 aromatic carbocycles. The highest BCUT2D eigenvalue weighted by Gasteiger charge is 2.36. The largest absolute Gasteiger partial charge is 0.444 e. The Morgan fingerprint density at radius 3 is 2.41 bits per heavy atom. The summed E-state index contributed by atoms with van der Waals surface area (Å²) in [6, 6.07) is 9.15. The first-order chi connectivity index (χ1) is 16.0. The van der Waals surface area contributed by atoms with E-state index in [1.165, 1.54) is 0 Å². The summed E-state index contributed by atoms with van der Waals surface area (Å²) in [6.45, 7) is 10.2. The fourth-order valence-corrected chi connectivity index (χ4v) is 4.21. The number of hydrogen-bond donors (Lipinski definition) is 2. The van der Waals surface area contributed by atoms with Gasteiger partial charge in [0.1, 0.15) is 11.6 Å². The molecule has 7 heteroatoms. The third-order valence-corrected chi connectivity index (χ3v) is 5.70. The van der Waals surface area contributed by atoms with Gasteiger partial charge < -0.3 is 20.3 Å². The molecule has 3 atom stereocenters. The number of likely N-dealkylation sites (tertiary alicyclic amines) is 1. The van der Waals surface area contributed by atoms with Gasteiger partial charge in [0, 0.05) is 13.6 Å². The van der Waals surface area contributed by atoms with Gasteiger partial charge in [-0.3, -0.25) is 9.59 Å². The molecule has 1 aliphatic rings. The van der Waals surface area contributed by atoms with Crippen molar-refractivity contribution in [1.29, 1.82) is 0 Å². The van der Waals surface area contributed by atoms with Gasteiger partial charge in [-0.2, -0.15) is 0 Å². The predicted octanol–water partition coefficient (Wildman–Crippen LogP) is 4.08. The highest BCUT2D eigenvalue weighted by molar-refractivity contribution is 5.89. The first-order valence-electron chi connectivity index (χ1n) is 12.2. The molecular formula is C27H41N3O4. The Morgan fingerprint density at radius 1 is 1.15 bits per heavy atom. The Balaban J connectivity index is 2.26. The number of rotatable bonds is 9. The molecule has 1 aliphatic heterocycles. The smallest absolute Gasteiger partial charge is 0.408 e. The number of carbonyl (C=O) groups is 3. The van der Waals surface area contributed by atoms with E-state index < -0.39 is 23.7 Å². The van der Waals surface area contributed by atoms with Crippen molar-refractivity contribution in [2.75, 3.05) is 13.6 Å². The van der Waals surface area contributed by atoms with Crippen LogP contribution < -0.4 is 10.6 Å². The molecule has 1 saturated heterocycles. The van der Waals surface area contributed by atoms with E-state index in [1.54, 1.807) is 11.9 Å². The summed E-state index contributed by atoms with van der Waals surface area (Å²) in [5.41, 5.74) is 0.453. The number of amides is 3. The zero-order valence-electron chi connectivity index (χ0n) is 21.5. The average molecular weight is 472 g/mol. The number of ether oxygens (including phenoxy) is 1. The lowest BCUT2D eigenvalue weighted by Gasteiger charge is -2.27. The van der Waals surface area contributed by atoms with Crippen molar-refractivity contribution >= 4 is 17.9 Å². The molecule has 0 aliphatic carbocycles. The van der Waals surface area contributed by atoms with Crippen molar-refractivity contribution in [2.45, 2.75) is 78.0 Å². The second kappa shape index (κ2) is 12.6. The fourth-order valence-electron chi connectivity index (χ4n) is 4.21. The molecular weight excluding hydrogens is 430 g/mol. The molecule has 0 radical (unpaired) electrons. The lowest BCUT2D eigenvalue weighted by Crippen LogP contribution is -2.47. The Bertz CT molecular complexity index is 845. The van der Waals surface area contributed by atoms with E-state index in [-0.39, 0.29) is 17.9 Å². The zero-order valence-corrected chi connectivity index (χ0v) is 21.5. The third kappa shape index (κ3) is 8.84. The van der Waals surface area contributed by atoms with Crippen molar-refractivity contribution < 1.29 is 19.1 Å². The maximum absolute atomic E-state index is 13.6. The summed E-state index contributed by atoms with van der Waals surface area (Å²) in [5.74, 6) is -0.295. The van der Waals surface area contributed by atoms with Gasteiger partial charge in [0.05, 0.1) is 12.0 Å². The third-order valence-electron chi connectivity index (χ3n) is 5.70. The van der Waals surface area contributed by atoms with E-state index in [0.717, 1.165) is 12.0 Å². The Morgan fingerprint density at radius 2 is 1.82 bits per heavy atom. The quantitative estimate of drug-likeness (QED) is 0.531. The Hall–Kier alpha value is -2.83. The minimum Gasteiger partial charge on any atom is -0.444 e. The first kappa shape index (κ1) is 27.4. The van der Waals surface area contributed by atoms with Gasteiger partial charge in [-0.25, -0.2) is 4.79 Å². The van der Waals surface area contributed by atoms with Gasteiger partial charge >= 0.3 is 6.09 Å². The van der Waals surface area contributed by atoms with Gasteiger partial charge in [0.15, 0.2) is 0 Å². The first-order valence-corrected chi connectivity index (χ1v) is 12.2. The molecule has 0 saturated carbocycles. The van der Waals surface area contributed by atoms with Crippen LogP contribution in [0.1, 0.15) is 59.4 Å². The summed E-state index contributed by atoms with van der Waals surface area (Å²) in [4.78, 5) is 40.1. The summed E-state index contributed by atoms with van der Waals surface area (Å²) in [5, 5.41) is 5.61. The van der Waals surface area contributed by atoms with Crippen LogP contribution in [0, 0.1) is 11.8 Å². The number of nitrogens with zero attached hydrogens (tertiary/aromatic N) is 1. The summed E-state index contributed by atoms with van der Waals surface area (Å²) in [7, 11) is 1.60. The molecule has 1 heterocycles. The van der Waals surface area contributed by atoms with Gasteiger partial charge in [-0.1, -0.05) is 56.3 Å². The number of alkyl carbamates (subject to hydrolysis) is 1. The van der Waals surface area contributed by atoms with Crippen LogP contribution in [0.4, 0.5) is 4.79 Å². The van der Waals surface area contributed by atoms with Crippen LogP contribution in [0.5, 0.6) is 0 Å². The fraction of sp³-hybridized carbons (Fsp3) is 0.593. The Labute approximate surface area is 204 Å². The van der Waals surface area contributed by atoms with Crippen LogP contribution in [-0.4, -0.2) is 54.1 Å². The maximum atomic E-state index is 13.6. The molecule has 188 valence electrons. The van der Waals surface area contributed by atoms with Crippen molar-refractivity contribution in [3.63, 3.8) is 0 Å². The number of benzene rings is 1. The summed E-state index contributed by atoms with van der Waals surface area (Å²) in [6.07, 6.45) is 6.03. The lowest BCUT2D eigenvalue weighted by molar-refractivity contribution is -0.140. The maximum Gasteiger partial charge on any atom is 0.408 e. The van der Waals surface area contributed by atoms with E-state index in [1.807, 2.05) is 63.3 Å². The molecule has 2 N–H and O–H groups in total. The van der Waals surface area contributed by atoms with Crippen LogP contribution in [0.25, 0.3) is 0 Å². The van der Waals surface area contributed by atoms with Gasteiger partial charge in [-0.05, 0) is 57.9 Å². The highest BCUT2D eigenvalue weighted by Crippen LogP contribution is 2.23. The molecule has 34 heavy (non-hydrogen) atoms. The van der Waals surface area contributed by atoms with Crippen LogP contribution in [-0.2, 0) is 20.7 Å². The van der Waals surface area contributed by atoms with E-state index in [4.69, 9.17) is 4.74 Å². The van der Waals surface area contributed by atoms with Crippen LogP contribution in [0.3, 0.4) is 0 Å². The Kier molecular flexibility index (Phi) is 10.1. The minimum absolute atomic E-state index is 0.0632. The van der Waals surface area contributed by atoms with Crippen molar-refractivity contribution in [3.8, 4) is 0 Å². The molecule has 7 nitrogen and oxygen atoms in total. The second-order valence-corrected chi connectivity index (χ2v) is 10.4. The number of carbonyl (C=O) groups excluding carboxylic acids is 3.